The first-order chi connectivity index (χ1) is 11.9. The lowest BCUT2D eigenvalue weighted by Crippen LogP contribution is -2.45. The smallest absolute Gasteiger partial charge is 0.259 e. The fourth-order valence-corrected chi connectivity index (χ4v) is 2.91. The molecule has 1 saturated heterocycles. The summed E-state index contributed by atoms with van der Waals surface area (Å²) in [5.74, 6) is 0.387. The Bertz CT molecular complexity index is 791. The van der Waals surface area contributed by atoms with E-state index >= 15 is 0 Å². The number of piperazine rings is 1. The minimum atomic E-state index is -0.277. The third kappa shape index (κ3) is 4.21. The molecule has 1 aliphatic heterocycles. The number of halogens is 2. The maximum absolute atomic E-state index is 12.5. The van der Waals surface area contributed by atoms with Gasteiger partial charge in [-0.1, -0.05) is 23.2 Å². The number of aromatic nitrogens is 2. The molecule has 1 aromatic heterocycles. The van der Waals surface area contributed by atoms with Crippen molar-refractivity contribution in [2.45, 2.75) is 6.92 Å². The molecule has 1 N–H and O–H groups in total. The largest absolute Gasteiger partial charge is 0.338 e. The summed E-state index contributed by atoms with van der Waals surface area (Å²) in [6.07, 6.45) is 1.57. The highest BCUT2D eigenvalue weighted by molar-refractivity contribution is 6.42. The zero-order chi connectivity index (χ0) is 18.0. The Morgan fingerprint density at radius 1 is 1.16 bits per heavy atom. The molecule has 1 aliphatic rings. The minimum absolute atomic E-state index is 0.277. The Morgan fingerprint density at radius 2 is 1.88 bits per heavy atom. The van der Waals surface area contributed by atoms with Crippen molar-refractivity contribution in [3.8, 4) is 0 Å². The predicted molar refractivity (Wildman–Crippen MR) is 101 cm³/mol. The highest BCUT2D eigenvalue weighted by atomic mass is 35.5. The molecule has 25 heavy (non-hydrogen) atoms. The lowest BCUT2D eigenvalue weighted by atomic mass is 10.2. The maximum Gasteiger partial charge on any atom is 0.259 e. The van der Waals surface area contributed by atoms with Crippen molar-refractivity contribution in [2.24, 2.45) is 0 Å². The molecule has 132 valence electrons. The van der Waals surface area contributed by atoms with E-state index in [1.807, 2.05) is 6.92 Å². The monoisotopic (exact) mass is 379 g/mol. The third-order valence-electron chi connectivity index (χ3n) is 4.17. The molecule has 3 rings (SSSR count). The molecule has 1 amide bonds. The fraction of sp³-hybridized carbons (Fsp3) is 0.353. The summed E-state index contributed by atoms with van der Waals surface area (Å²) < 4.78 is 0. The van der Waals surface area contributed by atoms with Crippen LogP contribution in [0.15, 0.2) is 24.4 Å². The van der Waals surface area contributed by atoms with E-state index in [-0.39, 0.29) is 5.91 Å². The van der Waals surface area contributed by atoms with Crippen LogP contribution in [0.25, 0.3) is 0 Å². The van der Waals surface area contributed by atoms with Crippen LogP contribution in [-0.2, 0) is 0 Å². The van der Waals surface area contributed by atoms with Crippen molar-refractivity contribution in [3.05, 3.63) is 45.7 Å². The Hall–Kier alpha value is -1.89. The number of hydrogen-bond donors (Lipinski definition) is 1. The number of rotatable bonds is 3. The van der Waals surface area contributed by atoms with E-state index in [2.05, 4.69) is 32.1 Å². The number of benzene rings is 1. The van der Waals surface area contributed by atoms with Crippen LogP contribution < -0.4 is 10.2 Å². The summed E-state index contributed by atoms with van der Waals surface area (Å²) in [6.45, 7) is 5.52. The van der Waals surface area contributed by atoms with Gasteiger partial charge in [0.05, 0.1) is 21.3 Å². The van der Waals surface area contributed by atoms with Gasteiger partial charge in [0, 0.05) is 38.1 Å². The summed E-state index contributed by atoms with van der Waals surface area (Å²) >= 11 is 11.9. The van der Waals surface area contributed by atoms with Crippen molar-refractivity contribution >= 4 is 40.7 Å². The number of carbonyl (C=O) groups is 1. The molecule has 0 aliphatic carbocycles. The van der Waals surface area contributed by atoms with Crippen LogP contribution >= 0.6 is 23.2 Å². The zero-order valence-corrected chi connectivity index (χ0v) is 15.6. The summed E-state index contributed by atoms with van der Waals surface area (Å²) in [5.41, 5.74) is 1.65. The quantitative estimate of drug-likeness (QED) is 0.887. The van der Waals surface area contributed by atoms with Crippen LogP contribution in [0.1, 0.15) is 16.1 Å². The number of nitrogens with one attached hydrogen (secondary N) is 1. The summed E-state index contributed by atoms with van der Waals surface area (Å²) in [5, 5.41) is 3.62. The van der Waals surface area contributed by atoms with Crippen LogP contribution in [0.4, 0.5) is 11.6 Å². The standard InChI is InChI=1S/C17H19Cl2N5O/c1-11-13(16(25)22-12-3-4-14(18)15(19)9-12)10-20-17(21-11)24-7-5-23(2)6-8-24/h3-4,9-10H,5-8H2,1-2H3,(H,22,25). The van der Waals surface area contributed by atoms with Gasteiger partial charge >= 0.3 is 0 Å². The van der Waals surface area contributed by atoms with Crippen molar-refractivity contribution < 1.29 is 4.79 Å². The minimum Gasteiger partial charge on any atom is -0.338 e. The van der Waals surface area contributed by atoms with Gasteiger partial charge in [0.15, 0.2) is 0 Å². The van der Waals surface area contributed by atoms with Gasteiger partial charge in [-0.2, -0.15) is 0 Å². The molecule has 2 aromatic rings. The summed E-state index contributed by atoms with van der Waals surface area (Å²) in [6, 6.07) is 4.94. The lowest BCUT2D eigenvalue weighted by molar-refractivity contribution is 0.102. The van der Waals surface area contributed by atoms with Crippen LogP contribution in [0.5, 0.6) is 0 Å². The van der Waals surface area contributed by atoms with Gasteiger partial charge in [0.2, 0.25) is 5.95 Å². The SMILES string of the molecule is Cc1nc(N2CCN(C)CC2)ncc1C(=O)Nc1ccc(Cl)c(Cl)c1. The highest BCUT2D eigenvalue weighted by Crippen LogP contribution is 2.25. The van der Waals surface area contributed by atoms with E-state index in [1.54, 1.807) is 24.4 Å². The van der Waals surface area contributed by atoms with E-state index < -0.39 is 0 Å². The second-order valence-corrected chi connectivity index (χ2v) is 6.86. The van der Waals surface area contributed by atoms with Crippen molar-refractivity contribution in [3.63, 3.8) is 0 Å². The molecule has 8 heteroatoms. The maximum atomic E-state index is 12.5. The number of aryl methyl sites for hydroxylation is 1. The lowest BCUT2D eigenvalue weighted by Gasteiger charge is -2.32. The number of anilines is 2. The second kappa shape index (κ2) is 7.56. The summed E-state index contributed by atoms with van der Waals surface area (Å²) in [4.78, 5) is 25.7. The molecule has 1 fully saturated rings. The number of nitrogens with zero attached hydrogens (tertiary/aromatic N) is 4. The molecular formula is C17H19Cl2N5O. The molecule has 0 atom stereocenters. The van der Waals surface area contributed by atoms with Gasteiger partial charge in [-0.15, -0.1) is 0 Å². The van der Waals surface area contributed by atoms with Gasteiger partial charge < -0.3 is 15.1 Å². The molecule has 0 bridgehead atoms. The van der Waals surface area contributed by atoms with Crippen molar-refractivity contribution in [1.29, 1.82) is 0 Å². The molecule has 0 spiro atoms. The first-order valence-corrected chi connectivity index (χ1v) is 8.73. The van der Waals surface area contributed by atoms with Gasteiger partial charge in [-0.05, 0) is 32.2 Å². The molecule has 2 heterocycles. The Balaban J connectivity index is 1.73. The first-order valence-electron chi connectivity index (χ1n) is 7.97. The Morgan fingerprint density at radius 3 is 2.52 bits per heavy atom. The van der Waals surface area contributed by atoms with Crippen LogP contribution in [0.2, 0.25) is 10.0 Å². The normalized spacial score (nSPS) is 15.3. The Labute approximate surface area is 156 Å². The van der Waals surface area contributed by atoms with E-state index in [9.17, 15) is 4.79 Å². The van der Waals surface area contributed by atoms with E-state index in [4.69, 9.17) is 23.2 Å². The van der Waals surface area contributed by atoms with E-state index in [0.29, 0.717) is 32.9 Å². The number of hydrogen-bond acceptors (Lipinski definition) is 5. The average molecular weight is 380 g/mol. The molecule has 6 nitrogen and oxygen atoms in total. The Kier molecular flexibility index (Phi) is 5.42. The van der Waals surface area contributed by atoms with Crippen molar-refractivity contribution in [1.82, 2.24) is 14.9 Å². The van der Waals surface area contributed by atoms with Gasteiger partial charge in [0.25, 0.3) is 5.91 Å². The highest BCUT2D eigenvalue weighted by Gasteiger charge is 2.19. The molecule has 1 aromatic carbocycles. The van der Waals surface area contributed by atoms with Gasteiger partial charge in [-0.3, -0.25) is 4.79 Å². The number of amides is 1. The van der Waals surface area contributed by atoms with Gasteiger partial charge in [-0.25, -0.2) is 9.97 Å². The fourth-order valence-electron chi connectivity index (χ4n) is 2.61. The topological polar surface area (TPSA) is 61.4 Å². The average Bonchev–Trinajstić information content (AvgIpc) is 2.58. The molecular weight excluding hydrogens is 361 g/mol. The summed E-state index contributed by atoms with van der Waals surface area (Å²) in [7, 11) is 2.10. The predicted octanol–water partition coefficient (Wildman–Crippen LogP) is 3.10. The van der Waals surface area contributed by atoms with Crippen LogP contribution in [0.3, 0.4) is 0 Å². The molecule has 0 radical (unpaired) electrons. The number of likely N-dealkylation sites (N-methyl/N-ethyl adjacent to an activating group) is 1. The van der Waals surface area contributed by atoms with Crippen LogP contribution in [0, 0.1) is 6.92 Å². The van der Waals surface area contributed by atoms with E-state index in [1.165, 1.54) is 0 Å². The van der Waals surface area contributed by atoms with E-state index in [0.717, 1.165) is 26.2 Å². The van der Waals surface area contributed by atoms with Crippen molar-refractivity contribution in [2.75, 3.05) is 43.4 Å². The molecule has 0 saturated carbocycles. The zero-order valence-electron chi connectivity index (χ0n) is 14.1. The van der Waals surface area contributed by atoms with Crippen LogP contribution in [-0.4, -0.2) is 54.0 Å². The third-order valence-corrected chi connectivity index (χ3v) is 4.91. The molecule has 0 unspecified atom stereocenters. The second-order valence-electron chi connectivity index (χ2n) is 6.04. The number of carbonyl (C=O) groups excluding carboxylic acids is 1. The first kappa shape index (κ1) is 17.9. The van der Waals surface area contributed by atoms with Gasteiger partial charge in [0.1, 0.15) is 0 Å².